The minimum Gasteiger partial charge on any atom is -0.323 e. The number of carbonyl (C=O) groups is 2. The molecule has 4 rings (SSSR count). The van der Waals surface area contributed by atoms with Crippen LogP contribution in [-0.2, 0) is 22.2 Å². The van der Waals surface area contributed by atoms with E-state index in [9.17, 15) is 27.2 Å². The number of hydrogen-bond donors (Lipinski definition) is 1. The van der Waals surface area contributed by atoms with Crippen molar-refractivity contribution in [1.82, 2.24) is 4.90 Å². The molecule has 3 aromatic carbocycles. The van der Waals surface area contributed by atoms with Gasteiger partial charge < -0.3 is 5.32 Å². The third-order valence-corrected chi connectivity index (χ3v) is 6.62. The standard InChI is InChI=1S/C26H21F4N3O2S/c27-20-11-4-5-12-21(20)32-24(35)22-16-23(34)33(14-13-17-7-2-1-3-8-17)25(36-22)31-19-10-6-9-18(15-19)26(28,29)30/h1-12,15,22H,13-14,16H2,(H,32,35). The molecule has 1 saturated heterocycles. The second-order valence-corrected chi connectivity index (χ2v) is 9.17. The molecule has 1 heterocycles. The molecule has 5 nitrogen and oxygen atoms in total. The highest BCUT2D eigenvalue weighted by atomic mass is 32.2. The summed E-state index contributed by atoms with van der Waals surface area (Å²) >= 11 is 0.959. The van der Waals surface area contributed by atoms with Crippen LogP contribution in [0.15, 0.2) is 83.9 Å². The summed E-state index contributed by atoms with van der Waals surface area (Å²) in [7, 11) is 0. The molecule has 0 aromatic heterocycles. The Kier molecular flexibility index (Phi) is 7.73. The fourth-order valence-electron chi connectivity index (χ4n) is 3.58. The first-order chi connectivity index (χ1) is 17.2. The van der Waals surface area contributed by atoms with Gasteiger partial charge in [0, 0.05) is 13.0 Å². The Bertz CT molecular complexity index is 1280. The van der Waals surface area contributed by atoms with Gasteiger partial charge in [0.15, 0.2) is 5.17 Å². The Labute approximate surface area is 209 Å². The molecule has 2 amide bonds. The molecule has 10 heteroatoms. The SMILES string of the molecule is O=C(Nc1ccccc1F)C1CC(=O)N(CCc2ccccc2)C(=Nc2cccc(C(F)(F)F)c2)S1. The third kappa shape index (κ3) is 6.31. The van der Waals surface area contributed by atoms with E-state index in [1.807, 2.05) is 30.3 Å². The van der Waals surface area contributed by atoms with Crippen molar-refractivity contribution in [3.63, 3.8) is 0 Å². The minimum absolute atomic E-state index is 0.00000177. The lowest BCUT2D eigenvalue weighted by Gasteiger charge is -2.32. The maximum Gasteiger partial charge on any atom is 0.416 e. The number of thioether (sulfide) groups is 1. The van der Waals surface area contributed by atoms with Crippen LogP contribution in [0.4, 0.5) is 28.9 Å². The molecule has 0 aliphatic carbocycles. The van der Waals surface area contributed by atoms with E-state index in [4.69, 9.17) is 0 Å². The highest BCUT2D eigenvalue weighted by Crippen LogP contribution is 2.34. The summed E-state index contributed by atoms with van der Waals surface area (Å²) in [5, 5.41) is 1.65. The Morgan fingerprint density at radius 1 is 1.03 bits per heavy atom. The Morgan fingerprint density at radius 2 is 1.75 bits per heavy atom. The molecule has 1 atom stereocenters. The molecule has 36 heavy (non-hydrogen) atoms. The van der Waals surface area contributed by atoms with Gasteiger partial charge in [0.25, 0.3) is 0 Å². The number of alkyl halides is 3. The van der Waals surface area contributed by atoms with E-state index in [2.05, 4.69) is 10.3 Å². The van der Waals surface area contributed by atoms with Gasteiger partial charge in [-0.1, -0.05) is 60.3 Å². The maximum atomic E-state index is 14.0. The lowest BCUT2D eigenvalue weighted by Crippen LogP contribution is -2.46. The van der Waals surface area contributed by atoms with Crippen molar-refractivity contribution in [3.8, 4) is 0 Å². The van der Waals surface area contributed by atoms with Crippen molar-refractivity contribution in [3.05, 3.63) is 95.8 Å². The summed E-state index contributed by atoms with van der Waals surface area (Å²) in [6, 6.07) is 19.5. The first kappa shape index (κ1) is 25.4. The molecular weight excluding hydrogens is 494 g/mol. The summed E-state index contributed by atoms with van der Waals surface area (Å²) in [5.41, 5.74) is 0.0627. The van der Waals surface area contributed by atoms with Gasteiger partial charge in [-0.3, -0.25) is 14.5 Å². The van der Waals surface area contributed by atoms with Gasteiger partial charge in [0.1, 0.15) is 11.1 Å². The number of amidine groups is 1. The van der Waals surface area contributed by atoms with Gasteiger partial charge in [-0.05, 0) is 42.3 Å². The van der Waals surface area contributed by atoms with Crippen molar-refractivity contribution in [2.24, 2.45) is 4.99 Å². The molecule has 0 radical (unpaired) electrons. The minimum atomic E-state index is -4.55. The van der Waals surface area contributed by atoms with E-state index < -0.39 is 34.6 Å². The van der Waals surface area contributed by atoms with Gasteiger partial charge in [-0.2, -0.15) is 13.2 Å². The average molecular weight is 516 g/mol. The van der Waals surface area contributed by atoms with Crippen LogP contribution in [0, 0.1) is 5.82 Å². The summed E-state index contributed by atoms with van der Waals surface area (Å²) in [5.74, 6) is -1.62. The van der Waals surface area contributed by atoms with E-state index in [0.717, 1.165) is 29.5 Å². The van der Waals surface area contributed by atoms with Gasteiger partial charge in [-0.25, -0.2) is 9.38 Å². The topological polar surface area (TPSA) is 61.8 Å². The summed E-state index contributed by atoms with van der Waals surface area (Å²) in [6.07, 6.45) is -4.23. The largest absolute Gasteiger partial charge is 0.416 e. The fraction of sp³-hybridized carbons (Fsp3) is 0.192. The van der Waals surface area contributed by atoms with Crippen LogP contribution in [0.3, 0.4) is 0 Å². The Hall–Kier alpha value is -3.66. The number of anilines is 1. The zero-order valence-corrected chi connectivity index (χ0v) is 19.7. The van der Waals surface area contributed by atoms with Gasteiger partial charge in [-0.15, -0.1) is 0 Å². The van der Waals surface area contributed by atoms with E-state index in [1.165, 1.54) is 35.2 Å². The van der Waals surface area contributed by atoms with Crippen molar-refractivity contribution < 1.29 is 27.2 Å². The first-order valence-corrected chi connectivity index (χ1v) is 11.9. The second kappa shape index (κ2) is 10.9. The summed E-state index contributed by atoms with van der Waals surface area (Å²) in [4.78, 5) is 31.6. The number of nitrogens with zero attached hydrogens (tertiary/aromatic N) is 2. The van der Waals surface area contributed by atoms with Crippen molar-refractivity contribution in [2.75, 3.05) is 11.9 Å². The number of nitrogens with one attached hydrogen (secondary N) is 1. The van der Waals surface area contributed by atoms with E-state index in [1.54, 1.807) is 6.07 Å². The fourth-order valence-corrected chi connectivity index (χ4v) is 4.71. The van der Waals surface area contributed by atoms with Crippen LogP contribution >= 0.6 is 11.8 Å². The lowest BCUT2D eigenvalue weighted by molar-refractivity contribution is -0.137. The van der Waals surface area contributed by atoms with Gasteiger partial charge in [0.2, 0.25) is 11.8 Å². The highest BCUT2D eigenvalue weighted by molar-refractivity contribution is 8.15. The quantitative estimate of drug-likeness (QED) is 0.407. The Morgan fingerprint density at radius 3 is 2.47 bits per heavy atom. The van der Waals surface area contributed by atoms with E-state index in [0.29, 0.717) is 6.42 Å². The van der Waals surface area contributed by atoms with Crippen LogP contribution in [0.5, 0.6) is 0 Å². The molecule has 0 saturated carbocycles. The normalized spacial score (nSPS) is 17.3. The number of rotatable bonds is 6. The maximum absolute atomic E-state index is 14.0. The number of carbonyl (C=O) groups excluding carboxylic acids is 2. The van der Waals surface area contributed by atoms with Crippen molar-refractivity contribution in [1.29, 1.82) is 0 Å². The molecule has 1 aliphatic rings. The number of benzene rings is 3. The number of aliphatic imine (C=N–C) groups is 1. The highest BCUT2D eigenvalue weighted by Gasteiger charge is 2.36. The molecule has 186 valence electrons. The smallest absolute Gasteiger partial charge is 0.323 e. The predicted molar refractivity (Wildman–Crippen MR) is 131 cm³/mol. The van der Waals surface area contributed by atoms with Crippen molar-refractivity contribution in [2.45, 2.75) is 24.3 Å². The Balaban J connectivity index is 1.61. The molecular formula is C26H21F4N3O2S. The monoisotopic (exact) mass is 515 g/mol. The van der Waals surface area contributed by atoms with Crippen LogP contribution in [-0.4, -0.2) is 33.7 Å². The van der Waals surface area contributed by atoms with Gasteiger partial charge in [0.05, 0.1) is 16.9 Å². The van der Waals surface area contributed by atoms with Crippen LogP contribution in [0.2, 0.25) is 0 Å². The van der Waals surface area contributed by atoms with Crippen LogP contribution < -0.4 is 5.32 Å². The van der Waals surface area contributed by atoms with E-state index >= 15 is 0 Å². The molecule has 1 N–H and O–H groups in total. The molecule has 1 unspecified atom stereocenters. The zero-order chi connectivity index (χ0) is 25.7. The number of para-hydroxylation sites is 1. The number of halogens is 4. The van der Waals surface area contributed by atoms with Crippen LogP contribution in [0.25, 0.3) is 0 Å². The molecule has 0 spiro atoms. The zero-order valence-electron chi connectivity index (χ0n) is 18.8. The third-order valence-electron chi connectivity index (χ3n) is 5.43. The van der Waals surface area contributed by atoms with Crippen molar-refractivity contribution >= 4 is 40.1 Å². The number of amides is 2. The van der Waals surface area contributed by atoms with E-state index in [-0.39, 0.29) is 29.5 Å². The van der Waals surface area contributed by atoms with Gasteiger partial charge >= 0.3 is 6.18 Å². The van der Waals surface area contributed by atoms with Crippen LogP contribution in [0.1, 0.15) is 17.5 Å². The first-order valence-electron chi connectivity index (χ1n) is 11.0. The summed E-state index contributed by atoms with van der Waals surface area (Å²) in [6.45, 7) is 0.231. The predicted octanol–water partition coefficient (Wildman–Crippen LogP) is 6.05. The summed E-state index contributed by atoms with van der Waals surface area (Å²) < 4.78 is 53.6. The molecule has 0 bridgehead atoms. The molecule has 1 aliphatic heterocycles. The lowest BCUT2D eigenvalue weighted by atomic mass is 10.1. The average Bonchev–Trinajstić information content (AvgIpc) is 2.85. The number of hydrogen-bond acceptors (Lipinski definition) is 4. The molecule has 3 aromatic rings. The molecule has 1 fully saturated rings. The second-order valence-electron chi connectivity index (χ2n) is 8.00.